The lowest BCUT2D eigenvalue weighted by molar-refractivity contribution is -0.385. The van der Waals surface area contributed by atoms with Crippen LogP contribution in [0.25, 0.3) is 0 Å². The van der Waals surface area contributed by atoms with Crippen LogP contribution in [0.3, 0.4) is 0 Å². The Morgan fingerprint density at radius 2 is 1.96 bits per heavy atom. The predicted molar refractivity (Wildman–Crippen MR) is 85.1 cm³/mol. The van der Waals surface area contributed by atoms with Gasteiger partial charge in [0.2, 0.25) is 0 Å². The first-order valence-electron chi connectivity index (χ1n) is 7.00. The minimum absolute atomic E-state index is 0.00122. The number of nitro benzene ring substituents is 1. The standard InChI is InChI=1S/C16H16FN3O3/c1-11-10-12(6-7-15(11)20(22)23)18-8-9-19-16(21)13-4-2-3-5-14(13)17/h2-7,10,18H,8-9H2,1H3,(H,19,21). The molecule has 2 aromatic carbocycles. The van der Waals surface area contributed by atoms with E-state index in [2.05, 4.69) is 10.6 Å². The Labute approximate surface area is 132 Å². The summed E-state index contributed by atoms with van der Waals surface area (Å²) in [5.74, 6) is -1.05. The third-order valence-corrected chi connectivity index (χ3v) is 3.25. The van der Waals surface area contributed by atoms with Crippen LogP contribution in [0.2, 0.25) is 0 Å². The van der Waals surface area contributed by atoms with Gasteiger partial charge >= 0.3 is 0 Å². The van der Waals surface area contributed by atoms with E-state index in [1.807, 2.05) is 0 Å². The number of carbonyl (C=O) groups excluding carboxylic acids is 1. The third-order valence-electron chi connectivity index (χ3n) is 3.25. The van der Waals surface area contributed by atoms with E-state index in [0.717, 1.165) is 0 Å². The molecule has 0 spiro atoms. The summed E-state index contributed by atoms with van der Waals surface area (Å²) < 4.78 is 13.4. The molecule has 0 saturated carbocycles. The number of nitrogens with one attached hydrogen (secondary N) is 2. The molecule has 0 heterocycles. The predicted octanol–water partition coefficient (Wildman–Crippen LogP) is 2.88. The van der Waals surface area contributed by atoms with Crippen LogP contribution in [-0.2, 0) is 0 Å². The van der Waals surface area contributed by atoms with Crippen LogP contribution < -0.4 is 10.6 Å². The van der Waals surface area contributed by atoms with E-state index < -0.39 is 16.6 Å². The molecule has 0 aliphatic rings. The number of anilines is 1. The molecule has 6 nitrogen and oxygen atoms in total. The molecule has 0 bridgehead atoms. The van der Waals surface area contributed by atoms with Gasteiger partial charge in [0.25, 0.3) is 11.6 Å². The third kappa shape index (κ3) is 4.26. The topological polar surface area (TPSA) is 84.3 Å². The molecule has 2 N–H and O–H groups in total. The first-order valence-corrected chi connectivity index (χ1v) is 7.00. The zero-order valence-electron chi connectivity index (χ0n) is 12.5. The average molecular weight is 317 g/mol. The van der Waals surface area contributed by atoms with Gasteiger partial charge in [0, 0.05) is 30.4 Å². The molecule has 0 unspecified atom stereocenters. The number of benzene rings is 2. The molecular formula is C16H16FN3O3. The van der Waals surface area contributed by atoms with Crippen molar-refractivity contribution in [1.82, 2.24) is 5.32 Å². The number of hydrogen-bond acceptors (Lipinski definition) is 4. The number of hydrogen-bond donors (Lipinski definition) is 2. The Hall–Kier alpha value is -2.96. The summed E-state index contributed by atoms with van der Waals surface area (Å²) in [7, 11) is 0. The average Bonchev–Trinajstić information content (AvgIpc) is 2.51. The van der Waals surface area contributed by atoms with Gasteiger partial charge in [0.05, 0.1) is 10.5 Å². The Balaban J connectivity index is 1.84. The first-order chi connectivity index (χ1) is 11.0. The van der Waals surface area contributed by atoms with Crippen molar-refractivity contribution in [3.05, 3.63) is 69.5 Å². The van der Waals surface area contributed by atoms with Crippen LogP contribution >= 0.6 is 0 Å². The summed E-state index contributed by atoms with van der Waals surface area (Å²) >= 11 is 0. The van der Waals surface area contributed by atoms with Crippen molar-refractivity contribution < 1.29 is 14.1 Å². The fraction of sp³-hybridized carbons (Fsp3) is 0.188. The van der Waals surface area contributed by atoms with E-state index >= 15 is 0 Å². The Morgan fingerprint density at radius 3 is 2.61 bits per heavy atom. The highest BCUT2D eigenvalue weighted by molar-refractivity contribution is 5.94. The van der Waals surface area contributed by atoms with Crippen molar-refractivity contribution in [3.63, 3.8) is 0 Å². The van der Waals surface area contributed by atoms with Crippen LogP contribution in [0.4, 0.5) is 15.8 Å². The van der Waals surface area contributed by atoms with Gasteiger partial charge in [-0.2, -0.15) is 0 Å². The number of amides is 1. The summed E-state index contributed by atoms with van der Waals surface area (Å²) in [4.78, 5) is 22.1. The van der Waals surface area contributed by atoms with Crippen LogP contribution in [0.1, 0.15) is 15.9 Å². The molecule has 0 aliphatic heterocycles. The lowest BCUT2D eigenvalue weighted by Crippen LogP contribution is -2.29. The maximum Gasteiger partial charge on any atom is 0.272 e. The summed E-state index contributed by atoms with van der Waals surface area (Å²) in [5, 5.41) is 16.4. The van der Waals surface area contributed by atoms with Crippen molar-refractivity contribution in [2.24, 2.45) is 0 Å². The van der Waals surface area contributed by atoms with Crippen molar-refractivity contribution in [2.75, 3.05) is 18.4 Å². The van der Waals surface area contributed by atoms with Gasteiger partial charge in [0.1, 0.15) is 5.82 Å². The minimum Gasteiger partial charge on any atom is -0.383 e. The van der Waals surface area contributed by atoms with Crippen molar-refractivity contribution in [3.8, 4) is 0 Å². The van der Waals surface area contributed by atoms with E-state index in [1.165, 1.54) is 24.3 Å². The van der Waals surface area contributed by atoms with E-state index in [9.17, 15) is 19.3 Å². The fourth-order valence-electron chi connectivity index (χ4n) is 2.09. The zero-order chi connectivity index (χ0) is 16.8. The summed E-state index contributed by atoms with van der Waals surface area (Å²) in [6.07, 6.45) is 0. The molecule has 120 valence electrons. The van der Waals surface area contributed by atoms with Crippen molar-refractivity contribution in [1.29, 1.82) is 0 Å². The van der Waals surface area contributed by atoms with E-state index in [-0.39, 0.29) is 11.3 Å². The normalized spacial score (nSPS) is 10.2. The van der Waals surface area contributed by atoms with E-state index in [4.69, 9.17) is 0 Å². The summed E-state index contributed by atoms with van der Waals surface area (Å²) in [6.45, 7) is 2.36. The second-order valence-electron chi connectivity index (χ2n) is 4.92. The van der Waals surface area contributed by atoms with Gasteiger partial charge in [-0.05, 0) is 31.2 Å². The van der Waals surface area contributed by atoms with E-state index in [1.54, 1.807) is 25.1 Å². The van der Waals surface area contributed by atoms with E-state index in [0.29, 0.717) is 24.3 Å². The number of nitrogens with zero attached hydrogens (tertiary/aromatic N) is 1. The van der Waals surface area contributed by atoms with Gasteiger partial charge in [0.15, 0.2) is 0 Å². The highest BCUT2D eigenvalue weighted by atomic mass is 19.1. The Kier molecular flexibility index (Phi) is 5.24. The number of halogens is 1. The van der Waals surface area contributed by atoms with Gasteiger partial charge in [-0.25, -0.2) is 4.39 Å². The molecule has 0 fully saturated rings. The highest BCUT2D eigenvalue weighted by Crippen LogP contribution is 2.21. The molecule has 0 aliphatic carbocycles. The molecule has 0 radical (unpaired) electrons. The molecule has 23 heavy (non-hydrogen) atoms. The number of rotatable bonds is 6. The first kappa shape index (κ1) is 16.4. The lowest BCUT2D eigenvalue weighted by atomic mass is 10.2. The van der Waals surface area contributed by atoms with Gasteiger partial charge in [-0.3, -0.25) is 14.9 Å². The van der Waals surface area contributed by atoms with Crippen LogP contribution in [-0.4, -0.2) is 23.9 Å². The summed E-state index contributed by atoms with van der Waals surface area (Å²) in [5.41, 5.74) is 1.32. The number of nitro groups is 1. The van der Waals surface area contributed by atoms with Crippen molar-refractivity contribution >= 4 is 17.3 Å². The van der Waals surface area contributed by atoms with Gasteiger partial charge in [-0.1, -0.05) is 12.1 Å². The maximum absolute atomic E-state index is 13.4. The lowest BCUT2D eigenvalue weighted by Gasteiger charge is -2.09. The number of carbonyl (C=O) groups is 1. The molecule has 2 aromatic rings. The largest absolute Gasteiger partial charge is 0.383 e. The smallest absolute Gasteiger partial charge is 0.272 e. The maximum atomic E-state index is 13.4. The number of aryl methyl sites for hydroxylation is 1. The van der Waals surface area contributed by atoms with Crippen LogP contribution in [0.15, 0.2) is 42.5 Å². The minimum atomic E-state index is -0.566. The van der Waals surface area contributed by atoms with Crippen molar-refractivity contribution in [2.45, 2.75) is 6.92 Å². The molecule has 7 heteroatoms. The monoisotopic (exact) mass is 317 g/mol. The molecule has 0 aromatic heterocycles. The van der Waals surface area contributed by atoms with Gasteiger partial charge < -0.3 is 10.6 Å². The van der Waals surface area contributed by atoms with Crippen LogP contribution in [0, 0.1) is 22.9 Å². The summed E-state index contributed by atoms with van der Waals surface area (Å²) in [6, 6.07) is 10.4. The SMILES string of the molecule is Cc1cc(NCCNC(=O)c2ccccc2F)ccc1[N+](=O)[O-]. The second kappa shape index (κ2) is 7.35. The molecule has 0 saturated heterocycles. The van der Waals surface area contributed by atoms with Crippen LogP contribution in [0.5, 0.6) is 0 Å². The fourth-order valence-corrected chi connectivity index (χ4v) is 2.09. The highest BCUT2D eigenvalue weighted by Gasteiger charge is 2.11. The zero-order valence-corrected chi connectivity index (χ0v) is 12.5. The molecule has 2 rings (SSSR count). The molecule has 1 amide bonds. The van der Waals surface area contributed by atoms with Gasteiger partial charge in [-0.15, -0.1) is 0 Å². The second-order valence-corrected chi connectivity index (χ2v) is 4.92. The molecular weight excluding hydrogens is 301 g/mol. The Morgan fingerprint density at radius 1 is 1.22 bits per heavy atom. The Bertz CT molecular complexity index is 734. The molecule has 0 atom stereocenters. The quantitative estimate of drug-likeness (QED) is 0.487.